The van der Waals surface area contributed by atoms with Gasteiger partial charge in [-0.25, -0.2) is 9.97 Å². The highest BCUT2D eigenvalue weighted by atomic mass is 35.5. The number of carbonyl (C=O) groups excluding carboxylic acids is 2. The number of anilines is 1. The van der Waals surface area contributed by atoms with Crippen LogP contribution in [0.5, 0.6) is 0 Å². The van der Waals surface area contributed by atoms with Crippen LogP contribution in [0, 0.1) is 0 Å². The van der Waals surface area contributed by atoms with E-state index in [1.165, 1.54) is 11.8 Å². The molecule has 1 saturated heterocycles. The molecule has 0 saturated carbocycles. The van der Waals surface area contributed by atoms with E-state index in [1.54, 1.807) is 6.07 Å². The van der Waals surface area contributed by atoms with Crippen LogP contribution in [-0.2, 0) is 9.59 Å². The Morgan fingerprint density at radius 1 is 1.31 bits per heavy atom. The molecule has 1 aromatic rings. The van der Waals surface area contributed by atoms with Gasteiger partial charge in [0.2, 0.25) is 11.8 Å². The van der Waals surface area contributed by atoms with Gasteiger partial charge in [0.25, 0.3) is 0 Å². The number of nitrogens with one attached hydrogen (secondary N) is 1. The molecule has 2 amide bonds. The van der Waals surface area contributed by atoms with Crippen LogP contribution in [-0.4, -0.2) is 64.2 Å². The molecule has 0 aromatic carbocycles. The minimum absolute atomic E-state index is 0.0565. The van der Waals surface area contributed by atoms with Gasteiger partial charge in [-0.05, 0) is 27.2 Å². The molecule has 162 valence electrons. The molecular weight excluding hydrogens is 410 g/mol. The van der Waals surface area contributed by atoms with Crippen LogP contribution in [0.1, 0.15) is 53.4 Å². The van der Waals surface area contributed by atoms with Crippen molar-refractivity contribution in [3.63, 3.8) is 0 Å². The summed E-state index contributed by atoms with van der Waals surface area (Å²) in [5.74, 6) is 1.16. The summed E-state index contributed by atoms with van der Waals surface area (Å²) in [7, 11) is 0. The zero-order valence-electron chi connectivity index (χ0n) is 17.8. The monoisotopic (exact) mass is 441 g/mol. The number of amides is 2. The minimum atomic E-state index is -0.0565. The van der Waals surface area contributed by atoms with E-state index in [0.29, 0.717) is 36.4 Å². The van der Waals surface area contributed by atoms with Gasteiger partial charge < -0.3 is 15.1 Å². The lowest BCUT2D eigenvalue weighted by molar-refractivity contribution is -0.133. The van der Waals surface area contributed by atoms with Crippen LogP contribution in [0.25, 0.3) is 0 Å². The zero-order valence-corrected chi connectivity index (χ0v) is 19.4. The first-order valence-electron chi connectivity index (χ1n) is 10.3. The molecule has 29 heavy (non-hydrogen) atoms. The number of thioether (sulfide) groups is 1. The maximum Gasteiger partial charge on any atom is 0.230 e. The number of piperazine rings is 1. The van der Waals surface area contributed by atoms with Gasteiger partial charge in [0.15, 0.2) is 5.16 Å². The fraction of sp³-hybridized carbons (Fsp3) is 0.700. The van der Waals surface area contributed by atoms with E-state index in [0.717, 1.165) is 25.1 Å². The van der Waals surface area contributed by atoms with E-state index >= 15 is 0 Å². The third-order valence-corrected chi connectivity index (χ3v) is 5.75. The summed E-state index contributed by atoms with van der Waals surface area (Å²) in [6.45, 7) is 10.1. The number of unbranched alkanes of at least 4 members (excludes halogenated alkanes) is 2. The number of hydrogen-bond donors (Lipinski definition) is 1. The van der Waals surface area contributed by atoms with E-state index in [4.69, 9.17) is 11.6 Å². The highest BCUT2D eigenvalue weighted by Gasteiger charge is 2.28. The summed E-state index contributed by atoms with van der Waals surface area (Å²) >= 11 is 7.47. The molecule has 1 atom stereocenters. The predicted octanol–water partition coefficient (Wildman–Crippen LogP) is 3.36. The van der Waals surface area contributed by atoms with Crippen molar-refractivity contribution in [3.8, 4) is 0 Å². The fourth-order valence-corrected chi connectivity index (χ4v) is 4.20. The molecule has 7 nitrogen and oxygen atoms in total. The van der Waals surface area contributed by atoms with Crippen molar-refractivity contribution in [2.24, 2.45) is 0 Å². The zero-order chi connectivity index (χ0) is 21.4. The lowest BCUT2D eigenvalue weighted by atomic mass is 10.1. The second kappa shape index (κ2) is 11.6. The first-order valence-corrected chi connectivity index (χ1v) is 11.7. The summed E-state index contributed by atoms with van der Waals surface area (Å²) in [4.78, 5) is 37.3. The second-order valence-electron chi connectivity index (χ2n) is 7.68. The van der Waals surface area contributed by atoms with Gasteiger partial charge in [-0.3, -0.25) is 9.59 Å². The van der Waals surface area contributed by atoms with Crippen molar-refractivity contribution in [2.75, 3.05) is 30.3 Å². The van der Waals surface area contributed by atoms with Crippen molar-refractivity contribution in [1.82, 2.24) is 20.2 Å². The van der Waals surface area contributed by atoms with Crippen LogP contribution < -0.4 is 10.2 Å². The molecule has 0 aliphatic carbocycles. The van der Waals surface area contributed by atoms with Crippen LogP contribution in [0.2, 0.25) is 5.15 Å². The maximum absolute atomic E-state index is 12.5. The van der Waals surface area contributed by atoms with E-state index in [2.05, 4.69) is 34.0 Å². The highest BCUT2D eigenvalue weighted by Crippen LogP contribution is 2.24. The average Bonchev–Trinajstić information content (AvgIpc) is 2.65. The van der Waals surface area contributed by atoms with E-state index in [-0.39, 0.29) is 29.7 Å². The molecule has 0 spiro atoms. The average molecular weight is 442 g/mol. The van der Waals surface area contributed by atoms with Gasteiger partial charge in [-0.1, -0.05) is 43.1 Å². The van der Waals surface area contributed by atoms with Crippen molar-refractivity contribution in [3.05, 3.63) is 11.2 Å². The van der Waals surface area contributed by atoms with Gasteiger partial charge in [0.05, 0.1) is 5.75 Å². The van der Waals surface area contributed by atoms with Crippen LogP contribution in [0.3, 0.4) is 0 Å². The van der Waals surface area contributed by atoms with E-state index in [1.807, 2.05) is 18.7 Å². The van der Waals surface area contributed by atoms with Crippen LogP contribution >= 0.6 is 23.4 Å². The normalized spacial score (nSPS) is 17.0. The Bertz CT molecular complexity index is 703. The molecule has 1 aliphatic heterocycles. The van der Waals surface area contributed by atoms with Gasteiger partial charge >= 0.3 is 0 Å². The Kier molecular flexibility index (Phi) is 9.49. The third kappa shape index (κ3) is 7.66. The Morgan fingerprint density at radius 2 is 2.07 bits per heavy atom. The molecule has 0 radical (unpaired) electrons. The SMILES string of the molecule is CCCCCC(=O)N1CCN(c2cc(Cl)nc(SCC(=O)NC(C)C)n2)CC1C. The first-order chi connectivity index (χ1) is 13.8. The lowest BCUT2D eigenvalue weighted by Crippen LogP contribution is -2.54. The van der Waals surface area contributed by atoms with Crippen molar-refractivity contribution in [2.45, 2.75) is 70.6 Å². The minimum Gasteiger partial charge on any atom is -0.353 e. The predicted molar refractivity (Wildman–Crippen MR) is 119 cm³/mol. The van der Waals surface area contributed by atoms with E-state index < -0.39 is 0 Å². The number of halogens is 1. The summed E-state index contributed by atoms with van der Waals surface area (Å²) in [6.07, 6.45) is 3.78. The first kappa shape index (κ1) is 23.7. The Hall–Kier alpha value is -1.54. The molecule has 1 aromatic heterocycles. The molecule has 9 heteroatoms. The highest BCUT2D eigenvalue weighted by molar-refractivity contribution is 7.99. The number of carbonyl (C=O) groups is 2. The third-order valence-electron chi connectivity index (χ3n) is 4.71. The lowest BCUT2D eigenvalue weighted by Gasteiger charge is -2.40. The smallest absolute Gasteiger partial charge is 0.230 e. The number of aromatic nitrogens is 2. The van der Waals surface area contributed by atoms with Gasteiger partial charge in [-0.2, -0.15) is 0 Å². The summed E-state index contributed by atoms with van der Waals surface area (Å²) in [5.41, 5.74) is 0. The van der Waals surface area contributed by atoms with Gasteiger partial charge in [0, 0.05) is 44.2 Å². The quantitative estimate of drug-likeness (QED) is 0.274. The molecule has 2 heterocycles. The molecule has 1 aliphatic rings. The van der Waals surface area contributed by atoms with Crippen LogP contribution in [0.15, 0.2) is 11.2 Å². The van der Waals surface area contributed by atoms with E-state index in [9.17, 15) is 9.59 Å². The Morgan fingerprint density at radius 3 is 2.72 bits per heavy atom. The molecule has 1 N–H and O–H groups in total. The number of hydrogen-bond acceptors (Lipinski definition) is 6. The fourth-order valence-electron chi connectivity index (χ4n) is 3.31. The molecule has 2 rings (SSSR count). The second-order valence-corrected chi connectivity index (χ2v) is 9.01. The topological polar surface area (TPSA) is 78.4 Å². The number of rotatable bonds is 9. The summed E-state index contributed by atoms with van der Waals surface area (Å²) in [5, 5.41) is 3.69. The van der Waals surface area contributed by atoms with Gasteiger partial charge in [0.1, 0.15) is 11.0 Å². The molecule has 1 unspecified atom stereocenters. The van der Waals surface area contributed by atoms with Crippen molar-refractivity contribution < 1.29 is 9.59 Å². The van der Waals surface area contributed by atoms with Crippen LogP contribution in [0.4, 0.5) is 5.82 Å². The molecule has 0 bridgehead atoms. The van der Waals surface area contributed by atoms with Crippen molar-refractivity contribution >= 4 is 41.0 Å². The Balaban J connectivity index is 1.96. The standard InChI is InChI=1S/C20H32ClN5O2S/c1-5-6-7-8-19(28)26-10-9-25(12-15(26)4)17-11-16(21)23-20(24-17)29-13-18(27)22-14(2)3/h11,14-15H,5-10,12-13H2,1-4H3,(H,22,27). The number of nitrogens with zero attached hydrogens (tertiary/aromatic N) is 4. The van der Waals surface area contributed by atoms with Gasteiger partial charge in [-0.15, -0.1) is 0 Å². The maximum atomic E-state index is 12.5. The van der Waals surface area contributed by atoms with Crippen molar-refractivity contribution in [1.29, 1.82) is 0 Å². The summed E-state index contributed by atoms with van der Waals surface area (Å²) in [6, 6.07) is 1.95. The Labute approximate surface area is 183 Å². The summed E-state index contributed by atoms with van der Waals surface area (Å²) < 4.78 is 0. The molecular formula is C20H32ClN5O2S. The molecule has 1 fully saturated rings. The largest absolute Gasteiger partial charge is 0.353 e.